The van der Waals surface area contributed by atoms with Crippen molar-refractivity contribution in [1.29, 1.82) is 0 Å². The fourth-order valence-corrected chi connectivity index (χ4v) is 2.03. The number of hydrogen-bond acceptors (Lipinski definition) is 4. The van der Waals surface area contributed by atoms with E-state index in [-0.39, 0.29) is 5.91 Å². The van der Waals surface area contributed by atoms with Gasteiger partial charge < -0.3 is 5.32 Å². The van der Waals surface area contributed by atoms with Crippen LogP contribution in [0.15, 0.2) is 42.7 Å². The average Bonchev–Trinajstić information content (AvgIpc) is 2.91. The van der Waals surface area contributed by atoms with E-state index in [1.54, 1.807) is 19.4 Å². The first-order chi connectivity index (χ1) is 9.74. The Bertz CT molecular complexity index is 760. The molecule has 0 saturated heterocycles. The zero-order chi connectivity index (χ0) is 13.9. The zero-order valence-electron chi connectivity index (χ0n) is 10.9. The monoisotopic (exact) mass is 267 g/mol. The lowest BCUT2D eigenvalue weighted by atomic mass is 10.1. The number of pyridine rings is 1. The first-order valence-corrected chi connectivity index (χ1v) is 6.21. The predicted molar refractivity (Wildman–Crippen MR) is 73.9 cm³/mol. The van der Waals surface area contributed by atoms with Crippen molar-refractivity contribution in [3.8, 4) is 0 Å². The number of rotatable bonds is 3. The van der Waals surface area contributed by atoms with Crippen molar-refractivity contribution in [2.75, 3.05) is 0 Å². The van der Waals surface area contributed by atoms with Crippen molar-refractivity contribution < 1.29 is 4.79 Å². The van der Waals surface area contributed by atoms with Crippen molar-refractivity contribution in [2.45, 2.75) is 6.54 Å². The maximum absolute atomic E-state index is 11.9. The Hall–Kier alpha value is -2.76. The number of nitrogens with one attached hydrogen (secondary N) is 1. The lowest BCUT2D eigenvalue weighted by molar-refractivity contribution is 0.0946. The van der Waals surface area contributed by atoms with Crippen LogP contribution in [0.5, 0.6) is 0 Å². The van der Waals surface area contributed by atoms with E-state index in [2.05, 4.69) is 20.6 Å². The first-order valence-electron chi connectivity index (χ1n) is 6.21. The fraction of sp³-hybridized carbons (Fsp3) is 0.143. The van der Waals surface area contributed by atoms with Crippen LogP contribution in [0.3, 0.4) is 0 Å². The zero-order valence-corrected chi connectivity index (χ0v) is 10.9. The molecule has 1 N–H and O–H groups in total. The van der Waals surface area contributed by atoms with Gasteiger partial charge in [0.1, 0.15) is 0 Å². The van der Waals surface area contributed by atoms with Crippen LogP contribution in [-0.4, -0.2) is 25.9 Å². The molecule has 3 aromatic rings. The topological polar surface area (TPSA) is 72.7 Å². The predicted octanol–water partition coefficient (Wildman–Crippen LogP) is 1.29. The van der Waals surface area contributed by atoms with Gasteiger partial charge in [0.2, 0.25) is 0 Å². The lowest BCUT2D eigenvalue weighted by Gasteiger charge is -2.06. The number of hydrogen-bond donors (Lipinski definition) is 1. The van der Waals surface area contributed by atoms with Gasteiger partial charge in [-0.2, -0.15) is 0 Å². The number of fused-ring (bicyclic) bond motifs is 1. The maximum atomic E-state index is 11.9. The van der Waals surface area contributed by atoms with Crippen LogP contribution in [0.4, 0.5) is 0 Å². The van der Waals surface area contributed by atoms with Gasteiger partial charge in [-0.1, -0.05) is 29.5 Å². The summed E-state index contributed by atoms with van der Waals surface area (Å²) in [5.41, 5.74) is 2.18. The molecule has 6 nitrogen and oxygen atoms in total. The summed E-state index contributed by atoms with van der Waals surface area (Å²) in [4.78, 5) is 16.3. The van der Waals surface area contributed by atoms with E-state index in [0.29, 0.717) is 12.2 Å². The third-order valence-electron chi connectivity index (χ3n) is 2.99. The van der Waals surface area contributed by atoms with Gasteiger partial charge in [0, 0.05) is 25.2 Å². The number of benzene rings is 1. The quantitative estimate of drug-likeness (QED) is 0.776. The van der Waals surface area contributed by atoms with E-state index in [4.69, 9.17) is 0 Å². The summed E-state index contributed by atoms with van der Waals surface area (Å²) in [6.45, 7) is 0.407. The molecule has 0 radical (unpaired) electrons. The molecule has 100 valence electrons. The van der Waals surface area contributed by atoms with Gasteiger partial charge in [-0.25, -0.2) is 0 Å². The van der Waals surface area contributed by atoms with Crippen molar-refractivity contribution in [3.05, 3.63) is 54.0 Å². The molecular weight excluding hydrogens is 254 g/mol. The molecule has 0 aliphatic carbocycles. The lowest BCUT2D eigenvalue weighted by Crippen LogP contribution is -2.23. The van der Waals surface area contributed by atoms with Crippen molar-refractivity contribution in [1.82, 2.24) is 25.3 Å². The molecule has 2 heterocycles. The summed E-state index contributed by atoms with van der Waals surface area (Å²) >= 11 is 0. The molecule has 0 bridgehead atoms. The van der Waals surface area contributed by atoms with Crippen LogP contribution in [0.2, 0.25) is 0 Å². The van der Waals surface area contributed by atoms with E-state index in [9.17, 15) is 4.79 Å². The van der Waals surface area contributed by atoms with Gasteiger partial charge in [-0.3, -0.25) is 14.5 Å². The standard InChI is InChI=1S/C14H13N5O/c1-19-9-12(17-18-19)14(20)16-8-11-5-2-4-10-6-3-7-15-13(10)11/h2-7,9H,8H2,1H3,(H,16,20). The van der Waals surface area contributed by atoms with E-state index in [0.717, 1.165) is 16.5 Å². The number of nitrogens with zero attached hydrogens (tertiary/aromatic N) is 4. The summed E-state index contributed by atoms with van der Waals surface area (Å²) in [7, 11) is 1.72. The van der Waals surface area contributed by atoms with Crippen LogP contribution < -0.4 is 5.32 Å². The summed E-state index contributed by atoms with van der Waals surface area (Å²) < 4.78 is 1.49. The van der Waals surface area contributed by atoms with Gasteiger partial charge >= 0.3 is 0 Å². The number of aromatic nitrogens is 4. The Morgan fingerprint density at radius 2 is 2.15 bits per heavy atom. The second kappa shape index (κ2) is 5.08. The van der Waals surface area contributed by atoms with Gasteiger partial charge in [0.25, 0.3) is 5.91 Å². The van der Waals surface area contributed by atoms with E-state index >= 15 is 0 Å². The number of carbonyl (C=O) groups is 1. The van der Waals surface area contributed by atoms with Crippen LogP contribution >= 0.6 is 0 Å². The minimum Gasteiger partial charge on any atom is -0.346 e. The van der Waals surface area contributed by atoms with Gasteiger partial charge in [0.15, 0.2) is 5.69 Å². The van der Waals surface area contributed by atoms with E-state index in [1.807, 2.05) is 30.3 Å². The minimum atomic E-state index is -0.244. The molecule has 3 rings (SSSR count). The van der Waals surface area contributed by atoms with Crippen LogP contribution in [0, 0.1) is 0 Å². The number of para-hydroxylation sites is 1. The van der Waals surface area contributed by atoms with Crippen molar-refractivity contribution in [2.24, 2.45) is 7.05 Å². The molecule has 6 heteroatoms. The average molecular weight is 267 g/mol. The summed E-state index contributed by atoms with van der Waals surface area (Å²) in [5.74, 6) is -0.244. The van der Waals surface area contributed by atoms with Crippen LogP contribution in [-0.2, 0) is 13.6 Å². The SMILES string of the molecule is Cn1cc(C(=O)NCc2cccc3cccnc23)nn1. The maximum Gasteiger partial charge on any atom is 0.273 e. The third kappa shape index (κ3) is 2.35. The van der Waals surface area contributed by atoms with E-state index < -0.39 is 0 Å². The van der Waals surface area contributed by atoms with Crippen molar-refractivity contribution >= 4 is 16.8 Å². The molecule has 0 saturated carbocycles. The second-order valence-corrected chi connectivity index (χ2v) is 4.45. The molecule has 20 heavy (non-hydrogen) atoms. The molecule has 0 fully saturated rings. The largest absolute Gasteiger partial charge is 0.346 e. The smallest absolute Gasteiger partial charge is 0.273 e. The Morgan fingerprint density at radius 3 is 2.95 bits per heavy atom. The van der Waals surface area contributed by atoms with Gasteiger partial charge in [-0.05, 0) is 11.6 Å². The highest BCUT2D eigenvalue weighted by molar-refractivity contribution is 5.92. The Labute approximate surface area is 115 Å². The number of carbonyl (C=O) groups excluding carboxylic acids is 1. The highest BCUT2D eigenvalue weighted by atomic mass is 16.2. The number of aryl methyl sites for hydroxylation is 1. The molecule has 1 amide bonds. The first kappa shape index (κ1) is 12.3. The van der Waals surface area contributed by atoms with Crippen molar-refractivity contribution in [3.63, 3.8) is 0 Å². The summed E-state index contributed by atoms with van der Waals surface area (Å²) in [6, 6.07) is 9.79. The molecule has 0 aliphatic heterocycles. The molecule has 1 aromatic carbocycles. The van der Waals surface area contributed by atoms with Gasteiger partial charge in [-0.15, -0.1) is 5.10 Å². The highest BCUT2D eigenvalue weighted by Gasteiger charge is 2.10. The second-order valence-electron chi connectivity index (χ2n) is 4.45. The van der Waals surface area contributed by atoms with Crippen LogP contribution in [0.25, 0.3) is 10.9 Å². The summed E-state index contributed by atoms with van der Waals surface area (Å²) in [6.07, 6.45) is 3.33. The van der Waals surface area contributed by atoms with E-state index in [1.165, 1.54) is 4.68 Å². The number of amides is 1. The normalized spacial score (nSPS) is 10.7. The molecule has 0 spiro atoms. The Balaban J connectivity index is 1.79. The third-order valence-corrected chi connectivity index (χ3v) is 2.99. The molecule has 2 aromatic heterocycles. The molecule has 0 aliphatic rings. The molecular formula is C14H13N5O. The molecule has 0 atom stereocenters. The Morgan fingerprint density at radius 1 is 1.30 bits per heavy atom. The van der Waals surface area contributed by atoms with Gasteiger partial charge in [0.05, 0.1) is 11.7 Å². The highest BCUT2D eigenvalue weighted by Crippen LogP contribution is 2.15. The van der Waals surface area contributed by atoms with Crippen LogP contribution in [0.1, 0.15) is 16.1 Å². The fourth-order valence-electron chi connectivity index (χ4n) is 2.03. The molecule has 0 unspecified atom stereocenters. The minimum absolute atomic E-state index is 0.244. The Kier molecular flexibility index (Phi) is 3.12. The summed E-state index contributed by atoms with van der Waals surface area (Å²) in [5, 5.41) is 11.4.